The van der Waals surface area contributed by atoms with Crippen LogP contribution in [0.15, 0.2) is 0 Å². The first-order valence-corrected chi connectivity index (χ1v) is 4.54. The summed E-state index contributed by atoms with van der Waals surface area (Å²) in [4.78, 5) is 23.0. The van der Waals surface area contributed by atoms with Crippen LogP contribution in [-0.4, -0.2) is 49.2 Å². The highest BCUT2D eigenvalue weighted by molar-refractivity contribution is 5.71. The van der Waals surface area contributed by atoms with Crippen LogP contribution < -0.4 is 0 Å². The Bertz CT molecular complexity index is 191. The summed E-state index contributed by atoms with van der Waals surface area (Å²) in [5.74, 6) is -1.21. The lowest BCUT2D eigenvalue weighted by molar-refractivity contribution is -0.144. The summed E-state index contributed by atoms with van der Waals surface area (Å²) >= 11 is 0. The topological polar surface area (TPSA) is 66.8 Å². The van der Waals surface area contributed by atoms with E-state index in [1.54, 1.807) is 0 Å². The van der Waals surface area contributed by atoms with Crippen molar-refractivity contribution in [2.75, 3.05) is 27.2 Å². The number of rotatable bonds is 7. The molecule has 0 aromatic rings. The second-order valence-electron chi connectivity index (χ2n) is 3.27. The fourth-order valence-corrected chi connectivity index (χ4v) is 0.798. The Morgan fingerprint density at radius 1 is 1.29 bits per heavy atom. The van der Waals surface area contributed by atoms with Gasteiger partial charge in [0, 0.05) is 19.4 Å². The van der Waals surface area contributed by atoms with Crippen LogP contribution in [0.4, 0.5) is 0 Å². The minimum Gasteiger partial charge on any atom is -0.481 e. The molecule has 0 aliphatic heterocycles. The summed E-state index contributed by atoms with van der Waals surface area (Å²) in [7, 11) is 3.77. The minimum atomic E-state index is -0.883. The number of ether oxygens (including phenoxy) is 1. The van der Waals surface area contributed by atoms with Gasteiger partial charge in [0.25, 0.3) is 0 Å². The number of carbonyl (C=O) groups excluding carboxylic acids is 1. The fourth-order valence-electron chi connectivity index (χ4n) is 0.798. The molecule has 0 spiro atoms. The Labute approximate surface area is 83.6 Å². The maximum atomic E-state index is 11.0. The Morgan fingerprint density at radius 2 is 1.93 bits per heavy atom. The molecule has 0 bridgehead atoms. The van der Waals surface area contributed by atoms with Crippen LogP contribution in [0.5, 0.6) is 0 Å². The molecule has 0 fully saturated rings. The van der Waals surface area contributed by atoms with Crippen molar-refractivity contribution >= 4 is 11.9 Å². The van der Waals surface area contributed by atoms with Crippen molar-refractivity contribution in [2.24, 2.45) is 0 Å². The predicted molar refractivity (Wildman–Crippen MR) is 51.0 cm³/mol. The summed E-state index contributed by atoms with van der Waals surface area (Å²) in [5, 5.41) is 8.32. The van der Waals surface area contributed by atoms with E-state index in [0.29, 0.717) is 19.6 Å². The molecule has 5 nitrogen and oxygen atoms in total. The quantitative estimate of drug-likeness (QED) is 0.604. The van der Waals surface area contributed by atoms with Gasteiger partial charge in [0.15, 0.2) is 0 Å². The van der Waals surface area contributed by atoms with E-state index in [1.807, 2.05) is 19.0 Å². The summed E-state index contributed by atoms with van der Waals surface area (Å²) in [6.45, 7) is 1.05. The van der Waals surface area contributed by atoms with Gasteiger partial charge in [0.05, 0.1) is 0 Å². The van der Waals surface area contributed by atoms with Gasteiger partial charge in [0.2, 0.25) is 0 Å². The number of esters is 1. The second kappa shape index (κ2) is 7.32. The van der Waals surface area contributed by atoms with Crippen LogP contribution in [0.25, 0.3) is 0 Å². The first kappa shape index (κ1) is 12.9. The standard InChI is InChI=1S/C9H17NO4/c1-10(2)6-7-14-9(13)5-3-4-8(11)12/h3-7H2,1-2H3,(H,11,12). The number of likely N-dealkylation sites (N-methyl/N-ethyl adjacent to an activating group) is 1. The van der Waals surface area contributed by atoms with E-state index in [4.69, 9.17) is 9.84 Å². The van der Waals surface area contributed by atoms with Crippen LogP contribution >= 0.6 is 0 Å². The number of carboxylic acid groups (broad SMARTS) is 1. The lowest BCUT2D eigenvalue weighted by atomic mass is 10.2. The van der Waals surface area contributed by atoms with Gasteiger partial charge in [-0.1, -0.05) is 0 Å². The molecule has 0 aliphatic carbocycles. The monoisotopic (exact) mass is 203 g/mol. The van der Waals surface area contributed by atoms with E-state index in [1.165, 1.54) is 0 Å². The van der Waals surface area contributed by atoms with Crippen molar-refractivity contribution < 1.29 is 19.4 Å². The van der Waals surface area contributed by atoms with Gasteiger partial charge in [0.1, 0.15) is 6.61 Å². The highest BCUT2D eigenvalue weighted by Crippen LogP contribution is 1.97. The molecule has 0 amide bonds. The minimum absolute atomic E-state index is 0.0166. The van der Waals surface area contributed by atoms with Crippen molar-refractivity contribution in [3.05, 3.63) is 0 Å². The Balaban J connectivity index is 3.33. The van der Waals surface area contributed by atoms with E-state index in [2.05, 4.69) is 0 Å². The summed E-state index contributed by atoms with van der Waals surface area (Å²) in [6.07, 6.45) is 0.540. The van der Waals surface area contributed by atoms with Crippen LogP contribution in [0.2, 0.25) is 0 Å². The normalized spacial score (nSPS) is 10.2. The highest BCUT2D eigenvalue weighted by atomic mass is 16.5. The van der Waals surface area contributed by atoms with Crippen LogP contribution in [0.1, 0.15) is 19.3 Å². The zero-order chi connectivity index (χ0) is 11.0. The first-order chi connectivity index (χ1) is 6.52. The van der Waals surface area contributed by atoms with Gasteiger partial charge in [-0.05, 0) is 20.5 Å². The third-order valence-electron chi connectivity index (χ3n) is 1.57. The molecule has 0 aromatic heterocycles. The fraction of sp³-hybridized carbons (Fsp3) is 0.778. The molecular weight excluding hydrogens is 186 g/mol. The number of nitrogens with zero attached hydrogens (tertiary/aromatic N) is 1. The molecule has 0 atom stereocenters. The van der Waals surface area contributed by atoms with Gasteiger partial charge in [-0.25, -0.2) is 0 Å². The lowest BCUT2D eigenvalue weighted by Gasteiger charge is -2.09. The molecule has 0 radical (unpaired) electrons. The second-order valence-corrected chi connectivity index (χ2v) is 3.27. The van der Waals surface area contributed by atoms with E-state index >= 15 is 0 Å². The van der Waals surface area contributed by atoms with E-state index in [9.17, 15) is 9.59 Å². The highest BCUT2D eigenvalue weighted by Gasteiger charge is 2.04. The Kier molecular flexibility index (Phi) is 6.74. The molecule has 5 heteroatoms. The van der Waals surface area contributed by atoms with Crippen LogP contribution in [0.3, 0.4) is 0 Å². The molecule has 0 aliphatic rings. The maximum Gasteiger partial charge on any atom is 0.305 e. The van der Waals surface area contributed by atoms with Crippen molar-refractivity contribution in [2.45, 2.75) is 19.3 Å². The SMILES string of the molecule is CN(C)CCOC(=O)CCCC(=O)O. The molecule has 0 aromatic carbocycles. The third kappa shape index (κ3) is 8.99. The number of hydrogen-bond donors (Lipinski definition) is 1. The van der Waals surface area contributed by atoms with Gasteiger partial charge < -0.3 is 14.7 Å². The number of hydrogen-bond acceptors (Lipinski definition) is 4. The molecular formula is C9H17NO4. The van der Waals surface area contributed by atoms with E-state index in [0.717, 1.165) is 0 Å². The zero-order valence-corrected chi connectivity index (χ0v) is 8.65. The van der Waals surface area contributed by atoms with Crippen molar-refractivity contribution in [3.8, 4) is 0 Å². The van der Waals surface area contributed by atoms with Gasteiger partial charge in [-0.3, -0.25) is 9.59 Å². The number of carboxylic acids is 1. The van der Waals surface area contributed by atoms with Crippen LogP contribution in [-0.2, 0) is 14.3 Å². The Hall–Kier alpha value is -1.10. The molecule has 14 heavy (non-hydrogen) atoms. The summed E-state index contributed by atoms with van der Waals surface area (Å²) < 4.78 is 4.86. The average molecular weight is 203 g/mol. The number of aliphatic carboxylic acids is 1. The smallest absolute Gasteiger partial charge is 0.305 e. The molecule has 82 valence electrons. The molecule has 0 saturated heterocycles. The summed E-state index contributed by atoms with van der Waals surface area (Å²) in [5.41, 5.74) is 0. The largest absolute Gasteiger partial charge is 0.481 e. The van der Waals surface area contributed by atoms with Crippen molar-refractivity contribution in [1.82, 2.24) is 4.90 Å². The molecule has 0 rings (SSSR count). The first-order valence-electron chi connectivity index (χ1n) is 4.54. The van der Waals surface area contributed by atoms with Gasteiger partial charge in [-0.2, -0.15) is 0 Å². The summed E-state index contributed by atoms with van der Waals surface area (Å²) in [6, 6.07) is 0. The average Bonchev–Trinajstić information content (AvgIpc) is 2.02. The zero-order valence-electron chi connectivity index (χ0n) is 8.65. The molecule has 0 unspecified atom stereocenters. The van der Waals surface area contributed by atoms with Crippen molar-refractivity contribution in [1.29, 1.82) is 0 Å². The molecule has 1 N–H and O–H groups in total. The molecule has 0 heterocycles. The van der Waals surface area contributed by atoms with E-state index in [-0.39, 0.29) is 18.8 Å². The lowest BCUT2D eigenvalue weighted by Crippen LogP contribution is -2.20. The van der Waals surface area contributed by atoms with E-state index < -0.39 is 5.97 Å². The Morgan fingerprint density at radius 3 is 2.43 bits per heavy atom. The van der Waals surface area contributed by atoms with Gasteiger partial charge >= 0.3 is 11.9 Å². The molecule has 0 saturated carbocycles. The van der Waals surface area contributed by atoms with Crippen LogP contribution in [0, 0.1) is 0 Å². The van der Waals surface area contributed by atoms with Crippen molar-refractivity contribution in [3.63, 3.8) is 0 Å². The predicted octanol–water partition coefficient (Wildman–Crippen LogP) is 0.346. The number of carbonyl (C=O) groups is 2. The maximum absolute atomic E-state index is 11.0. The van der Waals surface area contributed by atoms with Gasteiger partial charge in [-0.15, -0.1) is 0 Å². The third-order valence-corrected chi connectivity index (χ3v) is 1.57.